The molecule has 114 valence electrons. The van der Waals surface area contributed by atoms with Crippen LogP contribution in [0, 0.1) is 0 Å². The number of carbonyl (C=O) groups excluding carboxylic acids is 1. The lowest BCUT2D eigenvalue weighted by molar-refractivity contribution is -0.140. The molecule has 0 bridgehead atoms. The van der Waals surface area contributed by atoms with Crippen molar-refractivity contribution in [3.05, 3.63) is 36.5 Å². The Bertz CT molecular complexity index is 301. The summed E-state index contributed by atoms with van der Waals surface area (Å²) in [4.78, 5) is 10.9. The average molecular weight is 278 g/mol. The van der Waals surface area contributed by atoms with Crippen LogP contribution in [0.5, 0.6) is 0 Å². The Labute approximate surface area is 124 Å². The number of carbonyl (C=O) groups is 1. The zero-order valence-electron chi connectivity index (χ0n) is 13.1. The molecule has 20 heavy (non-hydrogen) atoms. The highest BCUT2D eigenvalue weighted by Crippen LogP contribution is 2.06. The molecule has 0 unspecified atom stereocenters. The van der Waals surface area contributed by atoms with E-state index in [1.54, 1.807) is 0 Å². The SMILES string of the molecule is CC/C=C/CCCCCC/C=C/C=C/CCC(=O)OC. The minimum atomic E-state index is -0.146. The van der Waals surface area contributed by atoms with E-state index in [-0.39, 0.29) is 5.97 Å². The summed E-state index contributed by atoms with van der Waals surface area (Å²) in [6, 6.07) is 0. The molecule has 2 heteroatoms. The molecule has 0 N–H and O–H groups in total. The number of ether oxygens (including phenoxy) is 1. The van der Waals surface area contributed by atoms with Gasteiger partial charge in [0.15, 0.2) is 0 Å². The van der Waals surface area contributed by atoms with E-state index >= 15 is 0 Å². The van der Waals surface area contributed by atoms with E-state index in [1.165, 1.54) is 39.2 Å². The van der Waals surface area contributed by atoms with Crippen molar-refractivity contribution in [2.45, 2.75) is 64.7 Å². The van der Waals surface area contributed by atoms with Gasteiger partial charge in [0.1, 0.15) is 0 Å². The molecule has 0 saturated heterocycles. The summed E-state index contributed by atoms with van der Waals surface area (Å²) < 4.78 is 4.57. The van der Waals surface area contributed by atoms with Crippen LogP contribution in [-0.2, 0) is 9.53 Å². The smallest absolute Gasteiger partial charge is 0.305 e. The molecule has 0 spiro atoms. The summed E-state index contributed by atoms with van der Waals surface area (Å²) >= 11 is 0. The summed E-state index contributed by atoms with van der Waals surface area (Å²) in [5.74, 6) is -0.146. The van der Waals surface area contributed by atoms with Gasteiger partial charge in [-0.05, 0) is 38.5 Å². The van der Waals surface area contributed by atoms with Gasteiger partial charge >= 0.3 is 5.97 Å². The topological polar surface area (TPSA) is 26.3 Å². The monoisotopic (exact) mass is 278 g/mol. The quantitative estimate of drug-likeness (QED) is 0.208. The highest BCUT2D eigenvalue weighted by Gasteiger charge is 1.94. The Balaban J connectivity index is 3.29. The Morgan fingerprint density at radius 2 is 1.45 bits per heavy atom. The van der Waals surface area contributed by atoms with Gasteiger partial charge < -0.3 is 4.74 Å². The van der Waals surface area contributed by atoms with Crippen LogP contribution < -0.4 is 0 Å². The first kappa shape index (κ1) is 18.7. The summed E-state index contributed by atoms with van der Waals surface area (Å²) in [6.45, 7) is 2.17. The Morgan fingerprint density at radius 3 is 2.05 bits per heavy atom. The van der Waals surface area contributed by atoms with Crippen molar-refractivity contribution in [2.24, 2.45) is 0 Å². The van der Waals surface area contributed by atoms with Crippen LogP contribution in [0.15, 0.2) is 36.5 Å². The van der Waals surface area contributed by atoms with E-state index < -0.39 is 0 Å². The zero-order chi connectivity index (χ0) is 14.9. The lowest BCUT2D eigenvalue weighted by Crippen LogP contribution is -1.97. The molecule has 0 aliphatic carbocycles. The fraction of sp³-hybridized carbons (Fsp3) is 0.611. The first-order chi connectivity index (χ1) is 9.81. The van der Waals surface area contributed by atoms with Gasteiger partial charge in [-0.2, -0.15) is 0 Å². The minimum absolute atomic E-state index is 0.146. The van der Waals surface area contributed by atoms with Crippen LogP contribution in [0.2, 0.25) is 0 Å². The number of unbranched alkanes of at least 4 members (excludes halogenated alkanes) is 5. The number of hydrogen-bond donors (Lipinski definition) is 0. The van der Waals surface area contributed by atoms with Crippen LogP contribution in [0.4, 0.5) is 0 Å². The molecule has 0 aromatic carbocycles. The molecule has 0 atom stereocenters. The molecule has 0 aromatic rings. The van der Waals surface area contributed by atoms with Gasteiger partial charge in [0.2, 0.25) is 0 Å². The molecule has 0 aliphatic heterocycles. The number of esters is 1. The van der Waals surface area contributed by atoms with Gasteiger partial charge in [-0.1, -0.05) is 56.2 Å². The lowest BCUT2D eigenvalue weighted by atomic mass is 10.1. The van der Waals surface area contributed by atoms with Gasteiger partial charge in [-0.25, -0.2) is 0 Å². The van der Waals surface area contributed by atoms with Gasteiger partial charge in [0.05, 0.1) is 7.11 Å². The largest absolute Gasteiger partial charge is 0.469 e. The standard InChI is InChI=1S/C18H30O2/c1-3-4-5-6-7-8-9-10-11-12-13-14-15-16-17-18(19)20-2/h4-5,12-15H,3,6-11,16-17H2,1-2H3/b5-4+,13-12+,15-14+. The Kier molecular flexibility index (Phi) is 14.7. The summed E-state index contributed by atoms with van der Waals surface area (Å²) in [6.07, 6.45) is 22.8. The van der Waals surface area contributed by atoms with E-state index in [9.17, 15) is 4.79 Å². The predicted octanol–water partition coefficient (Wildman–Crippen LogP) is 5.36. The van der Waals surface area contributed by atoms with Crippen LogP contribution >= 0.6 is 0 Å². The maximum Gasteiger partial charge on any atom is 0.305 e. The minimum Gasteiger partial charge on any atom is -0.469 e. The fourth-order valence-corrected chi connectivity index (χ4v) is 1.82. The van der Waals surface area contributed by atoms with Gasteiger partial charge in [-0.3, -0.25) is 4.79 Å². The van der Waals surface area contributed by atoms with Crippen molar-refractivity contribution >= 4 is 5.97 Å². The molecule has 2 nitrogen and oxygen atoms in total. The van der Waals surface area contributed by atoms with E-state index in [1.807, 2.05) is 12.2 Å². The molecule has 0 radical (unpaired) electrons. The second-order valence-corrected chi connectivity index (χ2v) is 4.84. The number of rotatable bonds is 12. The van der Waals surface area contributed by atoms with Crippen LogP contribution in [-0.4, -0.2) is 13.1 Å². The first-order valence-electron chi connectivity index (χ1n) is 7.84. The van der Waals surface area contributed by atoms with Crippen molar-refractivity contribution in [1.29, 1.82) is 0 Å². The molecule has 0 saturated carbocycles. The summed E-state index contributed by atoms with van der Waals surface area (Å²) in [5, 5.41) is 0. The van der Waals surface area contributed by atoms with Crippen molar-refractivity contribution in [1.82, 2.24) is 0 Å². The molecule has 0 fully saturated rings. The molecule has 0 aliphatic rings. The van der Waals surface area contributed by atoms with Crippen LogP contribution in [0.3, 0.4) is 0 Å². The third-order valence-corrected chi connectivity index (χ3v) is 3.02. The average Bonchev–Trinajstić information content (AvgIpc) is 2.47. The van der Waals surface area contributed by atoms with E-state index in [0.29, 0.717) is 6.42 Å². The molecule has 0 heterocycles. The first-order valence-corrected chi connectivity index (χ1v) is 7.84. The molecule has 0 rings (SSSR count). The van der Waals surface area contributed by atoms with Crippen LogP contribution in [0.1, 0.15) is 64.7 Å². The van der Waals surface area contributed by atoms with Crippen molar-refractivity contribution < 1.29 is 9.53 Å². The Hall–Kier alpha value is -1.31. The maximum absolute atomic E-state index is 10.9. The maximum atomic E-state index is 10.9. The van der Waals surface area contributed by atoms with Crippen molar-refractivity contribution in [2.75, 3.05) is 7.11 Å². The third kappa shape index (κ3) is 14.7. The van der Waals surface area contributed by atoms with E-state index in [2.05, 4.69) is 36.0 Å². The van der Waals surface area contributed by atoms with Crippen molar-refractivity contribution in [3.8, 4) is 0 Å². The van der Waals surface area contributed by atoms with Gasteiger partial charge in [-0.15, -0.1) is 0 Å². The number of hydrogen-bond acceptors (Lipinski definition) is 2. The normalized spacial score (nSPS) is 11.9. The molecule has 0 aromatic heterocycles. The Morgan fingerprint density at radius 1 is 0.850 bits per heavy atom. The second-order valence-electron chi connectivity index (χ2n) is 4.84. The van der Waals surface area contributed by atoms with E-state index in [0.717, 1.165) is 19.3 Å². The predicted molar refractivity (Wildman–Crippen MR) is 86.7 cm³/mol. The molecular weight excluding hydrogens is 248 g/mol. The fourth-order valence-electron chi connectivity index (χ4n) is 1.82. The van der Waals surface area contributed by atoms with E-state index in [4.69, 9.17) is 0 Å². The molecule has 0 amide bonds. The van der Waals surface area contributed by atoms with Gasteiger partial charge in [0.25, 0.3) is 0 Å². The van der Waals surface area contributed by atoms with Gasteiger partial charge in [0, 0.05) is 6.42 Å². The molecular formula is C18H30O2. The zero-order valence-corrected chi connectivity index (χ0v) is 13.1. The number of methoxy groups -OCH3 is 1. The third-order valence-electron chi connectivity index (χ3n) is 3.02. The van der Waals surface area contributed by atoms with Crippen LogP contribution in [0.25, 0.3) is 0 Å². The second kappa shape index (κ2) is 15.7. The summed E-state index contributed by atoms with van der Waals surface area (Å²) in [7, 11) is 1.42. The highest BCUT2D eigenvalue weighted by atomic mass is 16.5. The summed E-state index contributed by atoms with van der Waals surface area (Å²) in [5.41, 5.74) is 0. The van der Waals surface area contributed by atoms with Crippen molar-refractivity contribution in [3.63, 3.8) is 0 Å². The lowest BCUT2D eigenvalue weighted by Gasteiger charge is -1.96. The number of allylic oxidation sites excluding steroid dienone is 6. The highest BCUT2D eigenvalue weighted by molar-refractivity contribution is 5.69.